The fourth-order valence-electron chi connectivity index (χ4n) is 2.61. The summed E-state index contributed by atoms with van der Waals surface area (Å²) in [5, 5.41) is 4.15. The second-order valence-corrected chi connectivity index (χ2v) is 5.58. The van der Waals surface area contributed by atoms with Crippen LogP contribution >= 0.6 is 11.6 Å². The summed E-state index contributed by atoms with van der Waals surface area (Å²) >= 11 is 6.24. The maximum atomic E-state index is 6.24. The quantitative estimate of drug-likeness (QED) is 0.905. The van der Waals surface area contributed by atoms with E-state index in [1.54, 1.807) is 0 Å². The van der Waals surface area contributed by atoms with Crippen LogP contribution in [-0.2, 0) is 11.2 Å². The van der Waals surface area contributed by atoms with Gasteiger partial charge in [0.2, 0.25) is 0 Å². The van der Waals surface area contributed by atoms with Crippen molar-refractivity contribution < 1.29 is 4.74 Å². The highest BCUT2D eigenvalue weighted by Gasteiger charge is 2.20. The minimum atomic E-state index is 0.0947. The van der Waals surface area contributed by atoms with Crippen molar-refractivity contribution in [2.45, 2.75) is 19.4 Å². The van der Waals surface area contributed by atoms with Crippen LogP contribution in [0, 0.1) is 6.92 Å². The number of fused-ring (bicyclic) bond motifs is 1. The third kappa shape index (κ3) is 2.82. The number of nitrogens with one attached hydrogen (secondary N) is 1. The zero-order valence-corrected chi connectivity index (χ0v) is 12.3. The number of hydrogen-bond acceptors (Lipinski definition) is 2. The Kier molecular flexibility index (Phi) is 3.95. The van der Waals surface area contributed by atoms with Gasteiger partial charge < -0.3 is 10.1 Å². The number of rotatable bonds is 3. The van der Waals surface area contributed by atoms with Gasteiger partial charge in [0.1, 0.15) is 0 Å². The second-order valence-electron chi connectivity index (χ2n) is 5.17. The molecule has 0 fully saturated rings. The molecule has 0 bridgehead atoms. The van der Waals surface area contributed by atoms with Gasteiger partial charge in [-0.2, -0.15) is 0 Å². The molecule has 1 unspecified atom stereocenters. The molecule has 1 aliphatic rings. The highest BCUT2D eigenvalue weighted by atomic mass is 35.5. The molecule has 20 heavy (non-hydrogen) atoms. The molecule has 0 saturated carbocycles. The number of aryl methyl sites for hydroxylation is 1. The summed E-state index contributed by atoms with van der Waals surface area (Å²) in [6.07, 6.45) is 1.09. The first-order valence-corrected chi connectivity index (χ1v) is 7.31. The smallest absolute Gasteiger partial charge is 0.0999 e. The molecule has 2 aromatic carbocycles. The maximum Gasteiger partial charge on any atom is 0.0999 e. The second kappa shape index (κ2) is 5.86. The van der Waals surface area contributed by atoms with Crippen LogP contribution < -0.4 is 5.32 Å². The fraction of sp³-hybridized carbons (Fsp3) is 0.294. The Morgan fingerprint density at radius 1 is 1.25 bits per heavy atom. The summed E-state index contributed by atoms with van der Waals surface area (Å²) in [5.74, 6) is 0. The average molecular weight is 288 g/mol. The van der Waals surface area contributed by atoms with Crippen molar-refractivity contribution in [3.8, 4) is 0 Å². The van der Waals surface area contributed by atoms with E-state index in [1.165, 1.54) is 16.7 Å². The van der Waals surface area contributed by atoms with Gasteiger partial charge >= 0.3 is 0 Å². The molecule has 3 heteroatoms. The molecular weight excluding hydrogens is 270 g/mol. The third-order valence-corrected chi connectivity index (χ3v) is 4.01. The van der Waals surface area contributed by atoms with Gasteiger partial charge in [-0.1, -0.05) is 41.9 Å². The van der Waals surface area contributed by atoms with E-state index in [2.05, 4.69) is 35.6 Å². The predicted octanol–water partition coefficient (Wildman–Crippen LogP) is 4.37. The van der Waals surface area contributed by atoms with Gasteiger partial charge in [0.15, 0.2) is 0 Å². The van der Waals surface area contributed by atoms with Gasteiger partial charge in [-0.15, -0.1) is 0 Å². The monoisotopic (exact) mass is 287 g/mol. The van der Waals surface area contributed by atoms with Crippen molar-refractivity contribution in [2.75, 3.05) is 18.5 Å². The van der Waals surface area contributed by atoms with Gasteiger partial charge in [-0.3, -0.25) is 0 Å². The molecule has 3 rings (SSSR count). The Morgan fingerprint density at radius 3 is 2.95 bits per heavy atom. The Hall–Kier alpha value is -1.51. The average Bonchev–Trinajstić information content (AvgIpc) is 2.46. The molecule has 0 amide bonds. The number of benzene rings is 2. The summed E-state index contributed by atoms with van der Waals surface area (Å²) in [7, 11) is 0. The van der Waals surface area contributed by atoms with Crippen molar-refractivity contribution in [1.29, 1.82) is 0 Å². The molecule has 104 valence electrons. The summed E-state index contributed by atoms with van der Waals surface area (Å²) in [6, 6.07) is 14.5. The molecule has 1 N–H and O–H groups in total. The van der Waals surface area contributed by atoms with E-state index in [9.17, 15) is 0 Å². The molecule has 0 saturated heterocycles. The lowest BCUT2D eigenvalue weighted by Crippen LogP contribution is -2.22. The van der Waals surface area contributed by atoms with E-state index in [4.69, 9.17) is 16.3 Å². The Labute approximate surface area is 124 Å². The van der Waals surface area contributed by atoms with E-state index in [0.29, 0.717) is 0 Å². The molecule has 0 radical (unpaired) electrons. The SMILES string of the molecule is Cc1ccc(NCC2OCCc3ccccc32)c(Cl)c1. The molecular formula is C17H18ClNO. The van der Waals surface area contributed by atoms with Crippen LogP contribution in [-0.4, -0.2) is 13.2 Å². The van der Waals surface area contributed by atoms with Crippen LogP contribution in [0.2, 0.25) is 5.02 Å². The first kappa shape index (κ1) is 13.5. The first-order valence-electron chi connectivity index (χ1n) is 6.93. The topological polar surface area (TPSA) is 21.3 Å². The lowest BCUT2D eigenvalue weighted by atomic mass is 9.97. The fourth-order valence-corrected chi connectivity index (χ4v) is 2.91. The molecule has 2 nitrogen and oxygen atoms in total. The molecule has 0 aromatic heterocycles. The van der Waals surface area contributed by atoms with Crippen molar-refractivity contribution in [3.63, 3.8) is 0 Å². The molecule has 0 aliphatic carbocycles. The van der Waals surface area contributed by atoms with E-state index in [0.717, 1.165) is 30.3 Å². The number of halogens is 1. The van der Waals surface area contributed by atoms with Gasteiger partial charge in [0.25, 0.3) is 0 Å². The van der Waals surface area contributed by atoms with Crippen LogP contribution in [0.15, 0.2) is 42.5 Å². The van der Waals surface area contributed by atoms with Crippen molar-refractivity contribution >= 4 is 17.3 Å². The summed E-state index contributed by atoms with van der Waals surface area (Å²) in [5.41, 5.74) is 4.80. The Bertz CT molecular complexity index is 612. The number of anilines is 1. The number of ether oxygens (including phenoxy) is 1. The Morgan fingerprint density at radius 2 is 2.10 bits per heavy atom. The highest BCUT2D eigenvalue weighted by Crippen LogP contribution is 2.29. The molecule has 0 spiro atoms. The van der Waals surface area contributed by atoms with Crippen molar-refractivity contribution in [3.05, 3.63) is 64.2 Å². The van der Waals surface area contributed by atoms with Crippen LogP contribution in [0.25, 0.3) is 0 Å². The molecule has 1 atom stereocenters. The van der Waals surface area contributed by atoms with Gasteiger partial charge in [-0.05, 0) is 42.2 Å². The molecule has 1 aliphatic heterocycles. The van der Waals surface area contributed by atoms with Gasteiger partial charge in [0.05, 0.1) is 23.4 Å². The Balaban J connectivity index is 1.73. The van der Waals surface area contributed by atoms with Crippen LogP contribution in [0.1, 0.15) is 22.8 Å². The predicted molar refractivity (Wildman–Crippen MR) is 83.5 cm³/mol. The normalized spacial score (nSPS) is 17.6. The zero-order valence-electron chi connectivity index (χ0n) is 11.5. The minimum Gasteiger partial charge on any atom is -0.381 e. The van der Waals surface area contributed by atoms with Crippen molar-refractivity contribution in [1.82, 2.24) is 0 Å². The maximum absolute atomic E-state index is 6.24. The van der Waals surface area contributed by atoms with Crippen molar-refractivity contribution in [2.24, 2.45) is 0 Å². The lowest BCUT2D eigenvalue weighted by Gasteiger charge is -2.26. The zero-order chi connectivity index (χ0) is 13.9. The minimum absolute atomic E-state index is 0.0947. The van der Waals surface area contributed by atoms with Crippen LogP contribution in [0.3, 0.4) is 0 Å². The van der Waals surface area contributed by atoms with Crippen LogP contribution in [0.4, 0.5) is 5.69 Å². The highest BCUT2D eigenvalue weighted by molar-refractivity contribution is 6.33. The third-order valence-electron chi connectivity index (χ3n) is 3.69. The molecule has 1 heterocycles. The van der Waals surface area contributed by atoms with E-state index in [-0.39, 0.29) is 6.10 Å². The first-order chi connectivity index (χ1) is 9.74. The van der Waals surface area contributed by atoms with E-state index >= 15 is 0 Å². The lowest BCUT2D eigenvalue weighted by molar-refractivity contribution is 0.0513. The van der Waals surface area contributed by atoms with Gasteiger partial charge in [-0.25, -0.2) is 0 Å². The van der Waals surface area contributed by atoms with E-state index < -0.39 is 0 Å². The standard InChI is InChI=1S/C17H18ClNO/c1-12-6-7-16(15(18)10-12)19-11-17-14-5-3-2-4-13(14)8-9-20-17/h2-7,10,17,19H,8-9,11H2,1H3. The van der Waals surface area contributed by atoms with E-state index in [1.807, 2.05) is 19.1 Å². The summed E-state index contributed by atoms with van der Waals surface area (Å²) in [4.78, 5) is 0. The molecule has 2 aromatic rings. The summed E-state index contributed by atoms with van der Waals surface area (Å²) < 4.78 is 5.88. The number of hydrogen-bond donors (Lipinski definition) is 1. The van der Waals surface area contributed by atoms with Crippen LogP contribution in [0.5, 0.6) is 0 Å². The van der Waals surface area contributed by atoms with Gasteiger partial charge in [0, 0.05) is 6.54 Å². The largest absolute Gasteiger partial charge is 0.381 e. The summed E-state index contributed by atoms with van der Waals surface area (Å²) in [6.45, 7) is 3.56.